The summed E-state index contributed by atoms with van der Waals surface area (Å²) in [6.07, 6.45) is 2.73. The van der Waals surface area contributed by atoms with Crippen LogP contribution in [-0.2, 0) is 99.0 Å². The molecule has 5 heterocycles. The van der Waals surface area contributed by atoms with Gasteiger partial charge in [0.05, 0.1) is 0 Å². The molecule has 0 saturated heterocycles. The molecule has 0 aromatic heterocycles. The van der Waals surface area contributed by atoms with Gasteiger partial charge in [-0.3, -0.25) is 0 Å². The van der Waals surface area contributed by atoms with Crippen LogP contribution in [0.1, 0.15) is 346 Å². The molecule has 5 aliphatic heterocycles. The number of phosphoric acid groups is 5. The number of phosphoric ester groups is 5. The minimum atomic E-state index is -4.70. The van der Waals surface area contributed by atoms with Crippen molar-refractivity contribution in [2.24, 2.45) is 0 Å². The second-order valence-electron chi connectivity index (χ2n) is 46.0. The van der Waals surface area contributed by atoms with Crippen LogP contribution in [-0.4, -0.2) is 21.4 Å². The van der Waals surface area contributed by atoms with Gasteiger partial charge < -0.3 is 72.5 Å². The van der Waals surface area contributed by atoms with E-state index in [1.165, 1.54) is 22.3 Å². The summed E-state index contributed by atoms with van der Waals surface area (Å²) in [7, 11) is -22.5. The van der Waals surface area contributed by atoms with Crippen molar-refractivity contribution in [2.45, 2.75) is 331 Å². The van der Waals surface area contributed by atoms with Crippen LogP contribution in [0.5, 0.6) is 57.5 Å². The van der Waals surface area contributed by atoms with E-state index in [0.29, 0.717) is 83.2 Å². The summed E-state index contributed by atoms with van der Waals surface area (Å²) in [5, 5.41) is 0. The maximum Gasteiger partial charge on any atom is 1.00 e. The van der Waals surface area contributed by atoms with E-state index in [9.17, 15) is 37.5 Å². The molecule has 0 spiro atoms. The normalized spacial score (nSPS) is 16.9. The number of hydrogen-bond donors (Lipinski definition) is 0. The molecule has 0 aliphatic carbocycles. The van der Waals surface area contributed by atoms with Crippen LogP contribution >= 0.6 is 39.1 Å². The monoisotopic (exact) mass is 2000 g/mol. The molecule has 15 rings (SSSR count). The minimum absolute atomic E-state index is 0. The molecule has 30 heteroatoms. The van der Waals surface area contributed by atoms with Gasteiger partial charge in [-0.15, -0.1) is 0 Å². The zero-order chi connectivity index (χ0) is 101. The maximum atomic E-state index is 14.3. The van der Waals surface area contributed by atoms with E-state index in [1.807, 2.05) is 168 Å². The molecular weight excluding hydrogens is 1860 g/mol. The van der Waals surface area contributed by atoms with E-state index in [2.05, 4.69) is 197 Å². The predicted molar refractivity (Wildman–Crippen MR) is 545 cm³/mol. The Hall–Kier alpha value is -6.57. The molecule has 0 amide bonds. The molecule has 0 unspecified atom stereocenters. The van der Waals surface area contributed by atoms with Gasteiger partial charge in [-0.1, -0.05) is 234 Å². The summed E-state index contributed by atoms with van der Waals surface area (Å²) in [6, 6.07) is 39.2. The Morgan fingerprint density at radius 3 is 0.600 bits per heavy atom. The molecule has 0 fully saturated rings. The van der Waals surface area contributed by atoms with Crippen LogP contribution < -0.4 is 116 Å². The Labute approximate surface area is 876 Å². The zero-order valence-corrected chi connectivity index (χ0v) is 96.1. The van der Waals surface area contributed by atoms with Crippen LogP contribution in [0.25, 0.3) is 0 Å². The molecule has 5 aliphatic rings. The Morgan fingerprint density at radius 1 is 0.236 bits per heavy atom. The smallest absolute Gasteiger partial charge is 0.736 e. The summed E-state index contributed by atoms with van der Waals surface area (Å²) >= 11 is -1.72. The van der Waals surface area contributed by atoms with E-state index in [4.69, 9.17) is 52.4 Å². The molecule has 0 atom stereocenters. The van der Waals surface area contributed by atoms with Crippen LogP contribution in [0.2, 0.25) is 0 Å². The standard InChI is InChI=1S/C30H45O4P.C29H43O4P.3C17H19O4P.Al.3Li.H2O/c1-18-19-14-25(23(29(8,9)10)16-21(19)27(2,3)4)33-35(31,32)34-26-15-20(18)22(28(5,6)7)17-24(26)30(11,12)13;1-26(2,3)20-16-22(28(7,8)9)24-14-18(20)13-19-15-25(33-34(30,31)32-24)23(29(10,11)12)17-21(19)27(4,5)6;3*1-10-5-12(3)16-8-14(10)7-15-9-17(13(4)6-11(15)2)21-22(18,19)20-16;;;;;/h14-18H,1-13H3,(H,31,32);14-17H,13H2,1-12H3,(H,30,31);3*5-6,8-9H,7H2,1-4H3,(H,18,19);;;;;1H2/q;;;;;+2;3*+1;/p-5. The van der Waals surface area contributed by atoms with Gasteiger partial charge in [-0.05, 0) is 357 Å². The zero-order valence-electron chi connectivity index (χ0n) is 90.4. The summed E-state index contributed by atoms with van der Waals surface area (Å²) in [5.74, 6) is 3.60. The van der Waals surface area contributed by atoms with Crippen molar-refractivity contribution in [2.75, 3.05) is 0 Å². The van der Waals surface area contributed by atoms with Gasteiger partial charge in [-0.25, -0.2) is 22.8 Å². The molecule has 140 heavy (non-hydrogen) atoms. The van der Waals surface area contributed by atoms with Crippen LogP contribution in [0.15, 0.2) is 121 Å². The van der Waals surface area contributed by atoms with Crippen LogP contribution in [0.3, 0.4) is 0 Å². The van der Waals surface area contributed by atoms with E-state index in [0.717, 1.165) is 145 Å². The summed E-state index contributed by atoms with van der Waals surface area (Å²) in [5.41, 5.74) is 28.4. The van der Waals surface area contributed by atoms with Crippen molar-refractivity contribution < 1.29 is 152 Å². The van der Waals surface area contributed by atoms with Gasteiger partial charge in [0.25, 0.3) is 0 Å². The van der Waals surface area contributed by atoms with Crippen molar-refractivity contribution in [3.8, 4) is 57.5 Å². The third-order valence-corrected chi connectivity index (χ3v) is 32.8. The third-order valence-electron chi connectivity index (χ3n) is 25.9. The molecule has 10 aromatic rings. The molecule has 2 N–H and O–H groups in total. The molecule has 0 saturated carbocycles. The Kier molecular flexibility index (Phi) is 36.2. The molecule has 20 bridgehead atoms. The third kappa shape index (κ3) is 27.8. The molecule has 10 aromatic carbocycles. The maximum absolute atomic E-state index is 14.3. The van der Waals surface area contributed by atoms with Crippen molar-refractivity contribution in [3.05, 3.63) is 288 Å². The van der Waals surface area contributed by atoms with Crippen molar-refractivity contribution in [1.29, 1.82) is 0 Å². The van der Waals surface area contributed by atoms with Gasteiger partial charge in [0.1, 0.15) is 57.5 Å². The number of fused-ring (bicyclic) bond motifs is 20. The van der Waals surface area contributed by atoms with Crippen molar-refractivity contribution in [3.63, 3.8) is 0 Å². The number of aryl methyl sites for hydroxylation is 12. The first-order valence-electron chi connectivity index (χ1n) is 46.7. The van der Waals surface area contributed by atoms with Gasteiger partial charge in [0.2, 0.25) is 0 Å². The topological polar surface area (TPSA) is 297 Å². The van der Waals surface area contributed by atoms with Gasteiger partial charge >= 0.3 is 112 Å². The second-order valence-corrected chi connectivity index (χ2v) is 54.2. The fraction of sp³-hybridized carbons (Fsp3) is 0.455. The summed E-state index contributed by atoms with van der Waals surface area (Å²) in [6.45, 7) is 76.9. The van der Waals surface area contributed by atoms with Gasteiger partial charge in [-0.2, -0.15) is 0 Å². The Bertz CT molecular complexity index is 6160. The predicted octanol–water partition coefficient (Wildman–Crippen LogP) is 19.3. The van der Waals surface area contributed by atoms with Gasteiger partial charge in [0.15, 0.2) is 0 Å². The first-order valence-corrected chi connectivity index (χ1v) is 54.9. The van der Waals surface area contributed by atoms with E-state index < -0.39 is 55.0 Å². The molecular formula is C110H142AlLi3O21P5. The molecule has 1 radical (unpaired) electrons. The average Bonchev–Trinajstić information content (AvgIpc) is 0.740. The number of benzene rings is 10. The molecule has 21 nitrogen and oxygen atoms in total. The first kappa shape index (κ1) is 119. The fourth-order valence-electron chi connectivity index (χ4n) is 18.3. The Balaban J connectivity index is 0.000000232. The molecule has 739 valence electrons. The van der Waals surface area contributed by atoms with Crippen LogP contribution in [0.4, 0.5) is 0 Å². The minimum Gasteiger partial charge on any atom is -0.736 e. The average molecular weight is 2000 g/mol. The first-order chi connectivity index (χ1) is 62.1. The fourth-order valence-corrected chi connectivity index (χ4v) is 24.7. The van der Waals surface area contributed by atoms with Gasteiger partial charge in [0, 0.05) is 28.2 Å². The quantitative estimate of drug-likeness (QED) is 0.117. The van der Waals surface area contributed by atoms with E-state index >= 15 is 0 Å². The van der Waals surface area contributed by atoms with E-state index in [-0.39, 0.29) is 111 Å². The van der Waals surface area contributed by atoms with Crippen molar-refractivity contribution in [1.82, 2.24) is 0 Å². The Morgan fingerprint density at radius 2 is 0.400 bits per heavy atom. The number of rotatable bonds is 4. The summed E-state index contributed by atoms with van der Waals surface area (Å²) < 4.78 is 136. The largest absolute Gasteiger partial charge is 1.00 e. The summed E-state index contributed by atoms with van der Waals surface area (Å²) in [4.78, 5) is 38.7. The van der Waals surface area contributed by atoms with E-state index in [1.54, 1.807) is 12.1 Å². The van der Waals surface area contributed by atoms with Crippen LogP contribution in [0, 0.1) is 83.1 Å². The SMILES string of the molecule is CC(C)(C)c1cc(C(C)(C)C)c2cc1Cc1cc(c(C(C)(C)C)cc1C(C)(C)C)OP(=O)([O-])O2.CC1c2cc(c(C(C)(C)C)cc2C(C)(C)C)OP(=O)([O-])Oc2cc1c(C(C)(C)C)cc2C(C)(C)C.Cc1cc(C)c2cc1Cc1cc(c(C)cc1C)OP(=O)([O-])O2.Cc1cc(C)c2cc1Cc1cc(c(C)cc1C)OP(=O)([O][Al][O]P1(=O)Oc3cc(c(C)cc3C)Cc3cc(c(C)cc3C)O1)O2.O.[Li+].[Li+].[Li+]. The van der Waals surface area contributed by atoms with Crippen molar-refractivity contribution >= 4 is 55.0 Å². The number of hydrogen-bond acceptors (Lipinski definition) is 20. The second kappa shape index (κ2) is 42.7.